The van der Waals surface area contributed by atoms with Gasteiger partial charge in [0.25, 0.3) is 0 Å². The van der Waals surface area contributed by atoms with Crippen LogP contribution in [0.15, 0.2) is 36.4 Å². The predicted octanol–water partition coefficient (Wildman–Crippen LogP) is 4.67. The molecule has 0 fully saturated rings. The maximum absolute atomic E-state index is 13.7. The van der Waals surface area contributed by atoms with Crippen LogP contribution in [0.5, 0.6) is 5.75 Å². The summed E-state index contributed by atoms with van der Waals surface area (Å²) >= 11 is 11.7. The van der Waals surface area contributed by atoms with Crippen molar-refractivity contribution in [3.63, 3.8) is 0 Å². The van der Waals surface area contributed by atoms with Gasteiger partial charge in [-0.1, -0.05) is 23.7 Å². The molecule has 2 aromatic rings. The molecule has 5 heteroatoms. The lowest BCUT2D eigenvalue weighted by atomic mass is 10.1. The van der Waals surface area contributed by atoms with Crippen LogP contribution in [-0.2, 0) is 12.5 Å². The first-order chi connectivity index (χ1) is 9.63. The molecule has 0 aromatic heterocycles. The molecule has 0 bridgehead atoms. The summed E-state index contributed by atoms with van der Waals surface area (Å²) in [6.45, 7) is 0.0392. The summed E-state index contributed by atoms with van der Waals surface area (Å²) in [7, 11) is 0. The molecule has 0 heterocycles. The Kier molecular flexibility index (Phi) is 4.84. The SMILES string of the molecule is N#Cc1ccc(COc2ccc(CCl)cc2Cl)c(F)c1. The first-order valence-electron chi connectivity index (χ1n) is 5.79. The summed E-state index contributed by atoms with van der Waals surface area (Å²) in [4.78, 5) is 0. The number of hydrogen-bond donors (Lipinski definition) is 0. The molecule has 0 amide bonds. The summed E-state index contributed by atoms with van der Waals surface area (Å²) in [6.07, 6.45) is 0. The van der Waals surface area contributed by atoms with Crippen LogP contribution in [0.25, 0.3) is 0 Å². The Balaban J connectivity index is 2.11. The zero-order valence-corrected chi connectivity index (χ0v) is 11.9. The highest BCUT2D eigenvalue weighted by atomic mass is 35.5. The monoisotopic (exact) mass is 309 g/mol. The summed E-state index contributed by atoms with van der Waals surface area (Å²) in [5.74, 6) is 0.353. The average molecular weight is 310 g/mol. The van der Waals surface area contributed by atoms with Crippen molar-refractivity contribution in [3.05, 3.63) is 63.9 Å². The van der Waals surface area contributed by atoms with Gasteiger partial charge in [0.1, 0.15) is 18.2 Å². The summed E-state index contributed by atoms with van der Waals surface area (Å²) in [5, 5.41) is 9.10. The third kappa shape index (κ3) is 3.41. The fourth-order valence-corrected chi connectivity index (χ4v) is 2.06. The largest absolute Gasteiger partial charge is 0.487 e. The third-order valence-electron chi connectivity index (χ3n) is 2.72. The maximum Gasteiger partial charge on any atom is 0.138 e. The van der Waals surface area contributed by atoms with E-state index in [0.717, 1.165) is 5.56 Å². The minimum Gasteiger partial charge on any atom is -0.487 e. The maximum atomic E-state index is 13.7. The number of nitriles is 1. The van der Waals surface area contributed by atoms with Gasteiger partial charge >= 0.3 is 0 Å². The van der Waals surface area contributed by atoms with Gasteiger partial charge < -0.3 is 4.74 Å². The standard InChI is InChI=1S/C15H10Cl2FNO/c16-7-10-2-4-15(13(17)5-10)20-9-12-3-1-11(8-19)6-14(12)18/h1-6H,7,9H2. The van der Waals surface area contributed by atoms with E-state index >= 15 is 0 Å². The van der Waals surface area contributed by atoms with Crippen LogP contribution in [0.2, 0.25) is 5.02 Å². The van der Waals surface area contributed by atoms with Crippen LogP contribution in [0.1, 0.15) is 16.7 Å². The third-order valence-corrected chi connectivity index (χ3v) is 3.32. The van der Waals surface area contributed by atoms with Crippen LogP contribution in [0.4, 0.5) is 4.39 Å². The van der Waals surface area contributed by atoms with Crippen molar-refractivity contribution in [3.8, 4) is 11.8 Å². The molecule has 2 nitrogen and oxygen atoms in total. The van der Waals surface area contributed by atoms with Gasteiger partial charge in [0, 0.05) is 11.4 Å². The number of nitrogens with zero attached hydrogens (tertiary/aromatic N) is 1. The number of ether oxygens (including phenoxy) is 1. The van der Waals surface area contributed by atoms with Crippen molar-refractivity contribution in [2.45, 2.75) is 12.5 Å². The average Bonchev–Trinajstić information content (AvgIpc) is 2.46. The van der Waals surface area contributed by atoms with Crippen LogP contribution in [0, 0.1) is 17.1 Å². The van der Waals surface area contributed by atoms with E-state index in [4.69, 9.17) is 33.2 Å². The Hall–Kier alpha value is -1.76. The lowest BCUT2D eigenvalue weighted by molar-refractivity contribution is 0.300. The van der Waals surface area contributed by atoms with Crippen molar-refractivity contribution in [1.82, 2.24) is 0 Å². The van der Waals surface area contributed by atoms with Crippen molar-refractivity contribution in [2.75, 3.05) is 0 Å². The van der Waals surface area contributed by atoms with Gasteiger partial charge in [-0.25, -0.2) is 4.39 Å². The molecule has 0 aliphatic heterocycles. The number of halogens is 3. The van der Waals surface area contributed by atoms with E-state index in [-0.39, 0.29) is 12.2 Å². The smallest absolute Gasteiger partial charge is 0.138 e. The summed E-state index contributed by atoms with van der Waals surface area (Å²) in [6, 6.07) is 11.3. The normalized spacial score (nSPS) is 10.1. The quantitative estimate of drug-likeness (QED) is 0.769. The minimum absolute atomic E-state index is 0.0392. The number of rotatable bonds is 4. The van der Waals surface area contributed by atoms with Gasteiger partial charge in [-0.05, 0) is 29.8 Å². The lowest BCUT2D eigenvalue weighted by Gasteiger charge is -2.09. The van der Waals surface area contributed by atoms with Crippen LogP contribution in [0.3, 0.4) is 0 Å². The molecule has 20 heavy (non-hydrogen) atoms. The zero-order valence-electron chi connectivity index (χ0n) is 10.4. The van der Waals surface area contributed by atoms with Gasteiger partial charge in [-0.15, -0.1) is 11.6 Å². The molecule has 0 saturated carbocycles. The van der Waals surface area contributed by atoms with Gasteiger partial charge in [0.2, 0.25) is 0 Å². The Morgan fingerprint density at radius 1 is 1.20 bits per heavy atom. The molecule has 0 radical (unpaired) electrons. The van der Waals surface area contributed by atoms with E-state index in [1.165, 1.54) is 12.1 Å². The lowest BCUT2D eigenvalue weighted by Crippen LogP contribution is -1.99. The van der Waals surface area contributed by atoms with Crippen LogP contribution >= 0.6 is 23.2 Å². The second-order valence-electron chi connectivity index (χ2n) is 4.11. The van der Waals surface area contributed by atoms with E-state index in [0.29, 0.717) is 22.2 Å². The second-order valence-corrected chi connectivity index (χ2v) is 4.78. The number of hydrogen-bond acceptors (Lipinski definition) is 2. The summed E-state index contributed by atoms with van der Waals surface area (Å²) in [5.41, 5.74) is 1.52. The Morgan fingerprint density at radius 3 is 2.60 bits per heavy atom. The minimum atomic E-state index is -0.474. The molecule has 0 saturated heterocycles. The first kappa shape index (κ1) is 14.6. The molecular formula is C15H10Cl2FNO. The van der Waals surface area contributed by atoms with E-state index in [2.05, 4.69) is 0 Å². The Bertz CT molecular complexity index is 667. The van der Waals surface area contributed by atoms with E-state index < -0.39 is 5.82 Å². The van der Waals surface area contributed by atoms with E-state index in [1.54, 1.807) is 24.3 Å². The van der Waals surface area contributed by atoms with Crippen LogP contribution in [-0.4, -0.2) is 0 Å². The molecule has 2 aromatic carbocycles. The molecule has 0 N–H and O–H groups in total. The molecular weight excluding hydrogens is 300 g/mol. The van der Waals surface area contributed by atoms with Crippen molar-refractivity contribution < 1.29 is 9.13 Å². The number of benzene rings is 2. The van der Waals surface area contributed by atoms with Crippen LogP contribution < -0.4 is 4.74 Å². The van der Waals surface area contributed by atoms with Crippen molar-refractivity contribution in [1.29, 1.82) is 5.26 Å². The molecule has 2 rings (SSSR count). The molecule has 102 valence electrons. The van der Waals surface area contributed by atoms with Crippen molar-refractivity contribution in [2.24, 2.45) is 0 Å². The summed E-state index contributed by atoms with van der Waals surface area (Å²) < 4.78 is 19.2. The van der Waals surface area contributed by atoms with Gasteiger partial charge in [-0.2, -0.15) is 5.26 Å². The molecule has 0 unspecified atom stereocenters. The van der Waals surface area contributed by atoms with Gasteiger partial charge in [0.05, 0.1) is 16.7 Å². The Labute approximate surface area is 126 Å². The zero-order chi connectivity index (χ0) is 14.5. The van der Waals surface area contributed by atoms with Gasteiger partial charge in [0.15, 0.2) is 0 Å². The Morgan fingerprint density at radius 2 is 2.00 bits per heavy atom. The van der Waals surface area contributed by atoms with E-state index in [9.17, 15) is 4.39 Å². The van der Waals surface area contributed by atoms with E-state index in [1.807, 2.05) is 6.07 Å². The fourth-order valence-electron chi connectivity index (χ4n) is 1.63. The predicted molar refractivity (Wildman–Crippen MR) is 76.5 cm³/mol. The first-order valence-corrected chi connectivity index (χ1v) is 6.71. The highest BCUT2D eigenvalue weighted by molar-refractivity contribution is 6.32. The highest BCUT2D eigenvalue weighted by Crippen LogP contribution is 2.27. The highest BCUT2D eigenvalue weighted by Gasteiger charge is 2.07. The van der Waals surface area contributed by atoms with Crippen molar-refractivity contribution >= 4 is 23.2 Å². The van der Waals surface area contributed by atoms with Gasteiger partial charge in [-0.3, -0.25) is 0 Å². The second kappa shape index (κ2) is 6.60. The molecule has 0 aliphatic carbocycles. The number of alkyl halides is 1. The topological polar surface area (TPSA) is 33.0 Å². The molecule has 0 aliphatic rings. The molecule has 0 spiro atoms. The fraction of sp³-hybridized carbons (Fsp3) is 0.133. The molecule has 0 atom stereocenters.